The highest BCUT2D eigenvalue weighted by molar-refractivity contribution is 5.40. The lowest BCUT2D eigenvalue weighted by molar-refractivity contribution is -0.0500. The molecule has 4 atom stereocenters. The van der Waals surface area contributed by atoms with Crippen molar-refractivity contribution < 1.29 is 9.47 Å². The summed E-state index contributed by atoms with van der Waals surface area (Å²) in [6, 6.07) is 2.91. The number of fused-ring (bicyclic) bond motifs is 1. The molecule has 0 bridgehead atoms. The van der Waals surface area contributed by atoms with E-state index in [1.54, 1.807) is 6.33 Å². The first kappa shape index (κ1) is 18.7. The van der Waals surface area contributed by atoms with Crippen LogP contribution < -0.4 is 15.8 Å². The first-order chi connectivity index (χ1) is 13.6. The topological polar surface area (TPSA) is 71.5 Å². The van der Waals surface area contributed by atoms with Gasteiger partial charge in [-0.05, 0) is 51.9 Å². The van der Waals surface area contributed by atoms with Crippen LogP contribution in [-0.4, -0.2) is 54.0 Å². The van der Waals surface area contributed by atoms with Crippen LogP contribution in [0.3, 0.4) is 0 Å². The van der Waals surface area contributed by atoms with Crippen LogP contribution in [0.15, 0.2) is 12.4 Å². The molecule has 2 saturated carbocycles. The minimum absolute atomic E-state index is 0.156. The van der Waals surface area contributed by atoms with Crippen molar-refractivity contribution in [1.82, 2.24) is 20.8 Å². The Morgan fingerprint density at radius 2 is 1.89 bits per heavy atom. The van der Waals surface area contributed by atoms with Gasteiger partial charge in [-0.1, -0.05) is 0 Å². The molecule has 1 aromatic heterocycles. The van der Waals surface area contributed by atoms with Gasteiger partial charge in [0.05, 0.1) is 29.5 Å². The zero-order valence-electron chi connectivity index (χ0n) is 17.1. The van der Waals surface area contributed by atoms with Crippen LogP contribution in [0.1, 0.15) is 63.6 Å². The summed E-state index contributed by atoms with van der Waals surface area (Å²) in [6.45, 7) is 4.24. The first-order valence-corrected chi connectivity index (χ1v) is 10.9. The molecule has 4 aliphatic rings. The van der Waals surface area contributed by atoms with E-state index >= 15 is 0 Å². The zero-order chi connectivity index (χ0) is 19.1. The number of aromatic nitrogens is 2. The Hall–Kier alpha value is -1.28. The molecule has 4 unspecified atom stereocenters. The van der Waals surface area contributed by atoms with Crippen LogP contribution in [0, 0.1) is 5.92 Å². The SMILES string of the molecule is COC1CCN(c2cc(C3NNC4CCC(OC5(C)CC5)CC43)ncn2)CC1. The van der Waals surface area contributed by atoms with E-state index < -0.39 is 0 Å². The van der Waals surface area contributed by atoms with Crippen molar-refractivity contribution in [2.75, 3.05) is 25.1 Å². The molecule has 5 rings (SSSR count). The minimum atomic E-state index is 0.156. The van der Waals surface area contributed by atoms with Crippen molar-refractivity contribution >= 4 is 5.82 Å². The Morgan fingerprint density at radius 1 is 1.07 bits per heavy atom. The fourth-order valence-electron chi connectivity index (χ4n) is 5.14. The van der Waals surface area contributed by atoms with Gasteiger partial charge in [0.1, 0.15) is 12.1 Å². The fourth-order valence-corrected chi connectivity index (χ4v) is 5.14. The number of hydrogen-bond acceptors (Lipinski definition) is 7. The first-order valence-electron chi connectivity index (χ1n) is 10.9. The zero-order valence-corrected chi connectivity index (χ0v) is 17.1. The molecule has 7 heteroatoms. The van der Waals surface area contributed by atoms with Gasteiger partial charge in [-0.25, -0.2) is 15.4 Å². The molecule has 7 nitrogen and oxygen atoms in total. The van der Waals surface area contributed by atoms with E-state index in [9.17, 15) is 0 Å². The molecular formula is C21H33N5O2. The van der Waals surface area contributed by atoms with E-state index in [2.05, 4.69) is 38.7 Å². The normalized spacial score (nSPS) is 35.0. The molecule has 2 N–H and O–H groups in total. The van der Waals surface area contributed by atoms with E-state index in [0.717, 1.165) is 56.7 Å². The number of nitrogens with zero attached hydrogens (tertiary/aromatic N) is 3. The quantitative estimate of drug-likeness (QED) is 0.803. The fraction of sp³-hybridized carbons (Fsp3) is 0.810. The second-order valence-corrected chi connectivity index (χ2v) is 9.26. The number of nitrogens with one attached hydrogen (secondary N) is 2. The van der Waals surface area contributed by atoms with Gasteiger partial charge in [-0.3, -0.25) is 5.43 Å². The third-order valence-corrected chi connectivity index (χ3v) is 7.20. The van der Waals surface area contributed by atoms with Gasteiger partial charge >= 0.3 is 0 Å². The molecule has 154 valence electrons. The van der Waals surface area contributed by atoms with Gasteiger partial charge < -0.3 is 14.4 Å². The smallest absolute Gasteiger partial charge is 0.132 e. The lowest BCUT2D eigenvalue weighted by Gasteiger charge is -2.35. The molecule has 28 heavy (non-hydrogen) atoms. The van der Waals surface area contributed by atoms with Crippen molar-refractivity contribution in [2.45, 2.75) is 81.8 Å². The number of hydrazine groups is 1. The molecule has 0 radical (unpaired) electrons. The predicted molar refractivity (Wildman–Crippen MR) is 107 cm³/mol. The maximum atomic E-state index is 6.41. The summed E-state index contributed by atoms with van der Waals surface area (Å²) in [7, 11) is 1.81. The maximum absolute atomic E-state index is 6.41. The summed E-state index contributed by atoms with van der Waals surface area (Å²) in [5.41, 5.74) is 8.30. The van der Waals surface area contributed by atoms with Crippen molar-refractivity contribution in [3.8, 4) is 0 Å². The average Bonchev–Trinajstić information content (AvgIpc) is 3.30. The molecular weight excluding hydrogens is 354 g/mol. The van der Waals surface area contributed by atoms with E-state index in [4.69, 9.17) is 9.47 Å². The molecule has 0 spiro atoms. The number of piperidine rings is 1. The number of rotatable bonds is 5. The van der Waals surface area contributed by atoms with Gasteiger partial charge in [-0.2, -0.15) is 0 Å². The molecule has 2 aliphatic heterocycles. The Labute approximate surface area is 167 Å². The van der Waals surface area contributed by atoms with Crippen LogP contribution >= 0.6 is 0 Å². The highest BCUT2D eigenvalue weighted by Gasteiger charge is 2.46. The monoisotopic (exact) mass is 387 g/mol. The minimum Gasteiger partial charge on any atom is -0.381 e. The lowest BCUT2D eigenvalue weighted by Crippen LogP contribution is -2.38. The Morgan fingerprint density at radius 3 is 2.64 bits per heavy atom. The molecule has 0 amide bonds. The number of hydrogen-bond donors (Lipinski definition) is 2. The summed E-state index contributed by atoms with van der Waals surface area (Å²) in [5.74, 6) is 1.56. The second-order valence-electron chi connectivity index (χ2n) is 9.26. The summed E-state index contributed by atoms with van der Waals surface area (Å²) < 4.78 is 11.9. The van der Waals surface area contributed by atoms with Gasteiger partial charge in [0, 0.05) is 38.2 Å². The van der Waals surface area contributed by atoms with Crippen LogP contribution in [0.4, 0.5) is 5.82 Å². The molecule has 2 aliphatic carbocycles. The Kier molecular flexibility index (Phi) is 5.03. The predicted octanol–water partition coefficient (Wildman–Crippen LogP) is 2.35. The number of methoxy groups -OCH3 is 1. The van der Waals surface area contributed by atoms with E-state index in [0.29, 0.717) is 24.2 Å². The van der Waals surface area contributed by atoms with Crippen LogP contribution in [0.2, 0.25) is 0 Å². The van der Waals surface area contributed by atoms with Crippen molar-refractivity contribution in [3.05, 3.63) is 18.1 Å². The van der Waals surface area contributed by atoms with Gasteiger partial charge in [0.2, 0.25) is 0 Å². The van der Waals surface area contributed by atoms with E-state index in [-0.39, 0.29) is 11.6 Å². The highest BCUT2D eigenvalue weighted by atomic mass is 16.5. The molecule has 4 fully saturated rings. The van der Waals surface area contributed by atoms with Crippen molar-refractivity contribution in [3.63, 3.8) is 0 Å². The summed E-state index contributed by atoms with van der Waals surface area (Å²) >= 11 is 0. The summed E-state index contributed by atoms with van der Waals surface area (Å²) in [6.07, 6.45) is 10.5. The molecule has 0 aromatic carbocycles. The Bertz CT molecular complexity index is 689. The standard InChI is InChI=1S/C21H33N5O2/c1-21(7-8-21)28-15-3-4-17-16(11-15)20(25-24-17)18-12-19(23-13-22-18)26-9-5-14(27-2)6-10-26/h12-17,20,24-25H,3-11H2,1-2H3. The third kappa shape index (κ3) is 3.77. The number of anilines is 1. The second kappa shape index (κ2) is 7.52. The van der Waals surface area contributed by atoms with Crippen LogP contribution in [-0.2, 0) is 9.47 Å². The van der Waals surface area contributed by atoms with Crippen molar-refractivity contribution in [2.24, 2.45) is 5.92 Å². The van der Waals surface area contributed by atoms with Gasteiger partial charge in [0.15, 0.2) is 0 Å². The van der Waals surface area contributed by atoms with Crippen molar-refractivity contribution in [1.29, 1.82) is 0 Å². The van der Waals surface area contributed by atoms with Crippen LogP contribution in [0.5, 0.6) is 0 Å². The summed E-state index contributed by atoms with van der Waals surface area (Å²) in [4.78, 5) is 11.6. The molecule has 3 heterocycles. The van der Waals surface area contributed by atoms with Crippen LogP contribution in [0.25, 0.3) is 0 Å². The number of ether oxygens (including phenoxy) is 2. The van der Waals surface area contributed by atoms with E-state index in [1.165, 1.54) is 12.8 Å². The maximum Gasteiger partial charge on any atom is 0.132 e. The highest BCUT2D eigenvalue weighted by Crippen LogP contribution is 2.45. The summed E-state index contributed by atoms with van der Waals surface area (Å²) in [5, 5.41) is 0. The Balaban J connectivity index is 1.28. The lowest BCUT2D eigenvalue weighted by atomic mass is 9.79. The van der Waals surface area contributed by atoms with E-state index in [1.807, 2.05) is 7.11 Å². The molecule has 2 saturated heterocycles. The van der Waals surface area contributed by atoms with Gasteiger partial charge in [-0.15, -0.1) is 0 Å². The third-order valence-electron chi connectivity index (χ3n) is 7.20. The largest absolute Gasteiger partial charge is 0.381 e. The average molecular weight is 388 g/mol. The molecule has 1 aromatic rings. The van der Waals surface area contributed by atoms with Gasteiger partial charge in [0.25, 0.3) is 0 Å².